The second-order valence-corrected chi connectivity index (χ2v) is 9.16. The van der Waals surface area contributed by atoms with E-state index < -0.39 is 34.9 Å². The molecule has 0 unspecified atom stereocenters. The molecule has 0 aliphatic heterocycles. The maximum absolute atomic E-state index is 12.9. The van der Waals surface area contributed by atoms with E-state index in [2.05, 4.69) is 10.5 Å². The van der Waals surface area contributed by atoms with Crippen LogP contribution in [0.5, 0.6) is 0 Å². The quantitative estimate of drug-likeness (QED) is 0.589. The van der Waals surface area contributed by atoms with E-state index in [1.165, 1.54) is 22.9 Å². The van der Waals surface area contributed by atoms with Crippen LogP contribution in [0, 0.1) is 5.92 Å². The van der Waals surface area contributed by atoms with Crippen LogP contribution in [0.3, 0.4) is 0 Å². The largest absolute Gasteiger partial charge is 0.444 e. The molecule has 10 nitrogen and oxygen atoms in total. The monoisotopic (exact) mass is 468 g/mol. The lowest BCUT2D eigenvalue weighted by atomic mass is 10.0. The highest BCUT2D eigenvalue weighted by atomic mass is 16.6. The molecule has 0 spiro atoms. The summed E-state index contributed by atoms with van der Waals surface area (Å²) in [5.74, 6) is -0.436. The number of carbonyl (C=O) groups excluding carboxylic acids is 2. The molecule has 0 aliphatic rings. The zero-order chi connectivity index (χ0) is 25.0. The van der Waals surface area contributed by atoms with Crippen LogP contribution >= 0.6 is 0 Å². The Morgan fingerprint density at radius 3 is 2.41 bits per heavy atom. The number of nitrogens with one attached hydrogen (secondary N) is 1. The molecule has 3 aromatic rings. The number of rotatable bonds is 6. The van der Waals surface area contributed by atoms with Gasteiger partial charge >= 0.3 is 11.8 Å². The maximum Gasteiger partial charge on any atom is 0.408 e. The van der Waals surface area contributed by atoms with Gasteiger partial charge in [-0.2, -0.15) is 4.57 Å². The van der Waals surface area contributed by atoms with Crippen LogP contribution in [-0.4, -0.2) is 31.9 Å². The average molecular weight is 469 g/mol. The first-order valence-electron chi connectivity index (χ1n) is 10.8. The number of aromatic nitrogens is 3. The van der Waals surface area contributed by atoms with E-state index in [-0.39, 0.29) is 18.0 Å². The number of hydrogen-bond donors (Lipinski definition) is 1. The van der Waals surface area contributed by atoms with Crippen molar-refractivity contribution in [2.24, 2.45) is 5.92 Å². The molecule has 1 amide bonds. The number of carbonyl (C=O) groups is 2. The fourth-order valence-corrected chi connectivity index (χ4v) is 3.27. The van der Waals surface area contributed by atoms with Gasteiger partial charge in [-0.25, -0.2) is 9.59 Å². The van der Waals surface area contributed by atoms with Crippen LogP contribution in [0.1, 0.15) is 62.5 Å². The minimum atomic E-state index is -0.799. The Kier molecular flexibility index (Phi) is 7.19. The van der Waals surface area contributed by atoms with E-state index in [9.17, 15) is 19.2 Å². The molecular formula is C24H28N4O6. The lowest BCUT2D eigenvalue weighted by Gasteiger charge is -2.24. The van der Waals surface area contributed by atoms with Crippen molar-refractivity contribution in [2.75, 3.05) is 0 Å². The van der Waals surface area contributed by atoms with Crippen molar-refractivity contribution >= 4 is 12.0 Å². The highest BCUT2D eigenvalue weighted by Crippen LogP contribution is 2.22. The molecular weight excluding hydrogens is 440 g/mol. The zero-order valence-electron chi connectivity index (χ0n) is 19.8. The molecule has 1 aromatic carbocycles. The summed E-state index contributed by atoms with van der Waals surface area (Å²) < 4.78 is 12.5. The average Bonchev–Trinajstić information content (AvgIpc) is 3.21. The minimum absolute atomic E-state index is 0.0291. The summed E-state index contributed by atoms with van der Waals surface area (Å²) in [6.07, 6.45) is 0.707. The predicted octanol–water partition coefficient (Wildman–Crippen LogP) is 2.96. The Morgan fingerprint density at radius 2 is 1.79 bits per heavy atom. The van der Waals surface area contributed by atoms with E-state index in [4.69, 9.17) is 9.26 Å². The standard InChI is InChI=1S/C24H28N4O6/c1-15(2)20(25-22(31)33-24(3,4)5)18-13-17(34-26-18)14-27-12-11-19(29)28(23(27)32)21(30)16-9-7-6-8-10-16/h6-13,15,20H,14H2,1-5H3,(H,25,31)/t20-/m0/s1. The molecule has 1 N–H and O–H groups in total. The predicted molar refractivity (Wildman–Crippen MR) is 124 cm³/mol. The Labute approximate surface area is 196 Å². The van der Waals surface area contributed by atoms with E-state index in [0.717, 1.165) is 6.07 Å². The van der Waals surface area contributed by atoms with Crippen molar-refractivity contribution in [3.05, 3.63) is 86.5 Å². The van der Waals surface area contributed by atoms with Gasteiger partial charge in [-0.3, -0.25) is 14.2 Å². The first-order chi connectivity index (χ1) is 16.0. The summed E-state index contributed by atoms with van der Waals surface area (Å²) in [6, 6.07) is 10.3. The SMILES string of the molecule is CC(C)[C@H](NC(=O)OC(C)(C)C)c1cc(Cn2ccc(=O)n(C(=O)c3ccccc3)c2=O)on1. The minimum Gasteiger partial charge on any atom is -0.444 e. The third kappa shape index (κ3) is 5.89. The van der Waals surface area contributed by atoms with Crippen molar-refractivity contribution in [3.8, 4) is 0 Å². The lowest BCUT2D eigenvalue weighted by molar-refractivity contribution is 0.0487. The molecule has 3 rings (SSSR count). The van der Waals surface area contributed by atoms with Crippen molar-refractivity contribution in [3.63, 3.8) is 0 Å². The molecule has 2 aromatic heterocycles. The van der Waals surface area contributed by atoms with E-state index in [0.29, 0.717) is 16.0 Å². The molecule has 2 heterocycles. The topological polar surface area (TPSA) is 125 Å². The van der Waals surface area contributed by atoms with Gasteiger partial charge in [0.15, 0.2) is 5.76 Å². The summed E-state index contributed by atoms with van der Waals surface area (Å²) in [5, 5.41) is 6.82. The molecule has 10 heteroatoms. The number of nitrogens with zero attached hydrogens (tertiary/aromatic N) is 3. The first kappa shape index (κ1) is 24.7. The second kappa shape index (κ2) is 9.90. The Bertz CT molecular complexity index is 1280. The number of benzene rings is 1. The second-order valence-electron chi connectivity index (χ2n) is 9.16. The molecule has 0 saturated heterocycles. The normalized spacial score (nSPS) is 12.4. The zero-order valence-corrected chi connectivity index (χ0v) is 19.8. The molecule has 0 aliphatic carbocycles. The van der Waals surface area contributed by atoms with Gasteiger partial charge in [-0.15, -0.1) is 0 Å². The van der Waals surface area contributed by atoms with Crippen LogP contribution in [-0.2, 0) is 11.3 Å². The van der Waals surface area contributed by atoms with Crippen LogP contribution < -0.4 is 16.6 Å². The summed E-state index contributed by atoms with van der Waals surface area (Å²) in [7, 11) is 0. The van der Waals surface area contributed by atoms with Gasteiger partial charge in [0, 0.05) is 23.9 Å². The molecule has 0 fully saturated rings. The summed E-state index contributed by atoms with van der Waals surface area (Å²) in [5.41, 5.74) is -1.50. The van der Waals surface area contributed by atoms with Crippen LogP contribution in [0.4, 0.5) is 4.79 Å². The molecule has 0 bridgehead atoms. The molecule has 0 saturated carbocycles. The number of hydrogen-bond acceptors (Lipinski definition) is 7. The fraction of sp³-hybridized carbons (Fsp3) is 0.375. The van der Waals surface area contributed by atoms with Crippen molar-refractivity contribution in [2.45, 2.75) is 52.8 Å². The smallest absolute Gasteiger partial charge is 0.408 e. The Morgan fingerprint density at radius 1 is 1.12 bits per heavy atom. The number of ether oxygens (including phenoxy) is 1. The molecule has 1 atom stereocenters. The van der Waals surface area contributed by atoms with Gasteiger partial charge in [0.1, 0.15) is 11.3 Å². The number of alkyl carbamates (subject to hydrolysis) is 1. The van der Waals surface area contributed by atoms with E-state index in [1.54, 1.807) is 45.0 Å². The third-order valence-corrected chi connectivity index (χ3v) is 4.84. The number of amides is 1. The first-order valence-corrected chi connectivity index (χ1v) is 10.8. The van der Waals surface area contributed by atoms with Crippen LogP contribution in [0.2, 0.25) is 0 Å². The van der Waals surface area contributed by atoms with E-state index in [1.807, 2.05) is 13.8 Å². The van der Waals surface area contributed by atoms with Crippen LogP contribution in [0.25, 0.3) is 0 Å². The molecule has 180 valence electrons. The third-order valence-electron chi connectivity index (χ3n) is 4.84. The van der Waals surface area contributed by atoms with E-state index >= 15 is 0 Å². The highest BCUT2D eigenvalue weighted by molar-refractivity contribution is 5.95. The summed E-state index contributed by atoms with van der Waals surface area (Å²) in [6.45, 7) is 9.06. The Balaban J connectivity index is 1.84. The Hall–Kier alpha value is -3.95. The van der Waals surface area contributed by atoms with Crippen molar-refractivity contribution < 1.29 is 18.8 Å². The van der Waals surface area contributed by atoms with Gasteiger partial charge < -0.3 is 14.6 Å². The van der Waals surface area contributed by atoms with Gasteiger partial charge in [0.05, 0.1) is 12.6 Å². The van der Waals surface area contributed by atoms with Gasteiger partial charge in [0.25, 0.3) is 11.5 Å². The van der Waals surface area contributed by atoms with Crippen molar-refractivity contribution in [1.29, 1.82) is 0 Å². The highest BCUT2D eigenvalue weighted by Gasteiger charge is 2.25. The van der Waals surface area contributed by atoms with Crippen LogP contribution in [0.15, 0.2) is 62.8 Å². The summed E-state index contributed by atoms with van der Waals surface area (Å²) in [4.78, 5) is 50.1. The van der Waals surface area contributed by atoms with Crippen molar-refractivity contribution in [1.82, 2.24) is 19.6 Å². The summed E-state index contributed by atoms with van der Waals surface area (Å²) >= 11 is 0. The lowest BCUT2D eigenvalue weighted by Crippen LogP contribution is -2.43. The van der Waals surface area contributed by atoms with Gasteiger partial charge in [-0.1, -0.05) is 37.2 Å². The van der Waals surface area contributed by atoms with Gasteiger partial charge in [0.2, 0.25) is 0 Å². The molecule has 0 radical (unpaired) electrons. The maximum atomic E-state index is 12.9. The van der Waals surface area contributed by atoms with Gasteiger partial charge in [-0.05, 0) is 38.8 Å². The molecule has 34 heavy (non-hydrogen) atoms. The fourth-order valence-electron chi connectivity index (χ4n) is 3.27.